The molecule has 6 heteroatoms. The van der Waals surface area contributed by atoms with Gasteiger partial charge in [0, 0.05) is 16.3 Å². The van der Waals surface area contributed by atoms with Gasteiger partial charge in [0.2, 0.25) is 0 Å². The second kappa shape index (κ2) is 6.82. The molecule has 1 N–H and O–H groups in total. The third-order valence-electron chi connectivity index (χ3n) is 2.49. The van der Waals surface area contributed by atoms with Crippen molar-refractivity contribution in [3.05, 3.63) is 70.6 Å². The van der Waals surface area contributed by atoms with Crippen LogP contribution in [0.4, 0.5) is 16.2 Å². The molecule has 20 heavy (non-hydrogen) atoms. The van der Waals surface area contributed by atoms with Crippen LogP contribution in [0, 0.1) is 0 Å². The van der Waals surface area contributed by atoms with Crippen LogP contribution in [0.1, 0.15) is 5.56 Å². The fraction of sp³-hybridized carbons (Fsp3) is 0.0714. The monoisotopic (exact) mass is 268 g/mol. The van der Waals surface area contributed by atoms with Crippen LogP contribution in [0.3, 0.4) is 0 Å². The number of nitrogens with zero attached hydrogens (tertiary/aromatic N) is 3. The third-order valence-corrected chi connectivity index (χ3v) is 2.49. The van der Waals surface area contributed by atoms with Gasteiger partial charge in [-0.1, -0.05) is 47.6 Å². The summed E-state index contributed by atoms with van der Waals surface area (Å²) < 4.78 is 5.08. The van der Waals surface area contributed by atoms with Crippen molar-refractivity contribution in [1.29, 1.82) is 0 Å². The highest BCUT2D eigenvalue weighted by Gasteiger charge is 2.03. The van der Waals surface area contributed by atoms with E-state index in [4.69, 9.17) is 10.3 Å². The van der Waals surface area contributed by atoms with Crippen molar-refractivity contribution in [3.8, 4) is 0 Å². The molecule has 0 fully saturated rings. The maximum atomic E-state index is 11.6. The zero-order valence-electron chi connectivity index (χ0n) is 10.6. The maximum absolute atomic E-state index is 11.6. The minimum Gasteiger partial charge on any atom is -0.444 e. The van der Waals surface area contributed by atoms with Crippen LogP contribution in [0.5, 0.6) is 0 Å². The molecular formula is C14H12N4O2. The molecule has 0 radical (unpaired) electrons. The van der Waals surface area contributed by atoms with E-state index in [9.17, 15) is 4.79 Å². The van der Waals surface area contributed by atoms with Crippen molar-refractivity contribution in [2.45, 2.75) is 6.61 Å². The molecule has 0 bridgehead atoms. The normalized spacial score (nSPS) is 9.40. The highest BCUT2D eigenvalue weighted by molar-refractivity contribution is 5.84. The Morgan fingerprint density at radius 2 is 1.85 bits per heavy atom. The molecule has 0 spiro atoms. The Kier molecular flexibility index (Phi) is 4.59. The first kappa shape index (κ1) is 13.5. The van der Waals surface area contributed by atoms with Gasteiger partial charge in [-0.25, -0.2) is 4.79 Å². The van der Waals surface area contributed by atoms with Gasteiger partial charge in [0.15, 0.2) is 0 Å². The largest absolute Gasteiger partial charge is 0.444 e. The first-order chi connectivity index (χ1) is 9.78. The molecule has 2 aromatic rings. The molecule has 1 amide bonds. The second-order valence-corrected chi connectivity index (χ2v) is 3.92. The van der Waals surface area contributed by atoms with Crippen LogP contribution in [0.15, 0.2) is 59.7 Å². The fourth-order valence-electron chi connectivity index (χ4n) is 1.54. The summed E-state index contributed by atoms with van der Waals surface area (Å²) in [6, 6.07) is 15.9. The van der Waals surface area contributed by atoms with Gasteiger partial charge in [0.05, 0.1) is 0 Å². The van der Waals surface area contributed by atoms with Crippen molar-refractivity contribution < 1.29 is 9.53 Å². The molecule has 0 aromatic heterocycles. The molecule has 0 heterocycles. The predicted octanol–water partition coefficient (Wildman–Crippen LogP) is 4.38. The predicted molar refractivity (Wildman–Crippen MR) is 75.5 cm³/mol. The Labute approximate surface area is 115 Å². The van der Waals surface area contributed by atoms with E-state index in [2.05, 4.69) is 15.3 Å². The zero-order chi connectivity index (χ0) is 14.2. The van der Waals surface area contributed by atoms with Gasteiger partial charge in [0.1, 0.15) is 6.61 Å². The number of hydrogen-bond acceptors (Lipinski definition) is 3. The Bertz CT molecular complexity index is 619. The molecule has 2 rings (SSSR count). The number of rotatable bonds is 4. The minimum atomic E-state index is -0.537. The number of carbonyl (C=O) groups excluding carboxylic acids is 1. The van der Waals surface area contributed by atoms with Crippen molar-refractivity contribution in [1.82, 2.24) is 0 Å². The van der Waals surface area contributed by atoms with E-state index in [0.29, 0.717) is 11.4 Å². The molecule has 0 atom stereocenters. The summed E-state index contributed by atoms with van der Waals surface area (Å²) in [6.45, 7) is 0.212. The number of amides is 1. The van der Waals surface area contributed by atoms with Gasteiger partial charge in [-0.3, -0.25) is 5.32 Å². The average Bonchev–Trinajstić information content (AvgIpc) is 2.49. The first-order valence-corrected chi connectivity index (χ1v) is 5.91. The molecular weight excluding hydrogens is 256 g/mol. The van der Waals surface area contributed by atoms with Gasteiger partial charge < -0.3 is 4.74 Å². The lowest BCUT2D eigenvalue weighted by Gasteiger charge is -2.07. The summed E-state index contributed by atoms with van der Waals surface area (Å²) in [5, 5.41) is 6.03. The number of carbonyl (C=O) groups is 1. The number of nitrogens with one attached hydrogen (secondary N) is 1. The van der Waals surface area contributed by atoms with E-state index < -0.39 is 6.09 Å². The summed E-state index contributed by atoms with van der Waals surface area (Å²) in [4.78, 5) is 14.3. The minimum absolute atomic E-state index is 0.212. The number of ether oxygens (including phenoxy) is 1. The first-order valence-electron chi connectivity index (χ1n) is 5.91. The van der Waals surface area contributed by atoms with E-state index in [1.807, 2.05) is 30.3 Å². The van der Waals surface area contributed by atoms with Gasteiger partial charge in [-0.15, -0.1) is 0 Å². The van der Waals surface area contributed by atoms with Crippen molar-refractivity contribution in [3.63, 3.8) is 0 Å². The molecule has 0 aliphatic carbocycles. The quantitative estimate of drug-likeness (QED) is 0.506. The van der Waals surface area contributed by atoms with Crippen LogP contribution in [-0.2, 0) is 11.3 Å². The molecule has 0 aliphatic heterocycles. The molecule has 0 saturated carbocycles. The average molecular weight is 268 g/mol. The summed E-state index contributed by atoms with van der Waals surface area (Å²) >= 11 is 0. The molecule has 2 aromatic carbocycles. The van der Waals surface area contributed by atoms with E-state index in [0.717, 1.165) is 5.56 Å². The highest BCUT2D eigenvalue weighted by atomic mass is 16.5. The summed E-state index contributed by atoms with van der Waals surface area (Å²) in [5.74, 6) is 0. The number of anilines is 1. The Morgan fingerprint density at radius 1 is 1.15 bits per heavy atom. The van der Waals surface area contributed by atoms with Crippen LogP contribution in [0.2, 0.25) is 0 Å². The van der Waals surface area contributed by atoms with Crippen molar-refractivity contribution in [2.75, 3.05) is 5.32 Å². The van der Waals surface area contributed by atoms with Gasteiger partial charge in [-0.2, -0.15) is 0 Å². The molecule has 0 saturated heterocycles. The van der Waals surface area contributed by atoms with E-state index >= 15 is 0 Å². The lowest BCUT2D eigenvalue weighted by molar-refractivity contribution is 0.155. The molecule has 0 unspecified atom stereocenters. The maximum Gasteiger partial charge on any atom is 0.411 e. The number of azide groups is 1. The standard InChI is InChI=1S/C14H12N4O2/c15-18-17-13-8-6-12(7-9-13)16-14(19)20-10-11-4-2-1-3-5-11/h1-9H,10H2,(H,16,19). The summed E-state index contributed by atoms with van der Waals surface area (Å²) in [7, 11) is 0. The lowest BCUT2D eigenvalue weighted by atomic mass is 10.2. The zero-order valence-corrected chi connectivity index (χ0v) is 10.6. The van der Waals surface area contributed by atoms with Crippen LogP contribution >= 0.6 is 0 Å². The van der Waals surface area contributed by atoms with Crippen LogP contribution < -0.4 is 5.32 Å². The van der Waals surface area contributed by atoms with Gasteiger partial charge in [-0.05, 0) is 23.2 Å². The lowest BCUT2D eigenvalue weighted by Crippen LogP contribution is -2.13. The Balaban J connectivity index is 1.86. The van der Waals surface area contributed by atoms with Crippen molar-refractivity contribution in [2.24, 2.45) is 5.11 Å². The molecule has 6 nitrogen and oxygen atoms in total. The number of hydrogen-bond donors (Lipinski definition) is 1. The summed E-state index contributed by atoms with van der Waals surface area (Å²) in [6.07, 6.45) is -0.537. The van der Waals surface area contributed by atoms with Crippen molar-refractivity contribution >= 4 is 17.5 Å². The Hall–Kier alpha value is -2.98. The SMILES string of the molecule is [N-]=[N+]=Nc1ccc(NC(=O)OCc2ccccc2)cc1. The van der Waals surface area contributed by atoms with Crippen LogP contribution in [0.25, 0.3) is 10.4 Å². The number of benzene rings is 2. The van der Waals surface area contributed by atoms with E-state index in [1.165, 1.54) is 0 Å². The smallest absolute Gasteiger partial charge is 0.411 e. The van der Waals surface area contributed by atoms with Gasteiger partial charge >= 0.3 is 6.09 Å². The second-order valence-electron chi connectivity index (χ2n) is 3.92. The fourth-order valence-corrected chi connectivity index (χ4v) is 1.54. The topological polar surface area (TPSA) is 87.1 Å². The van der Waals surface area contributed by atoms with Gasteiger partial charge in [0.25, 0.3) is 0 Å². The third kappa shape index (κ3) is 4.04. The van der Waals surface area contributed by atoms with E-state index in [-0.39, 0.29) is 6.61 Å². The Morgan fingerprint density at radius 3 is 2.50 bits per heavy atom. The molecule has 0 aliphatic rings. The highest BCUT2D eigenvalue weighted by Crippen LogP contribution is 2.16. The van der Waals surface area contributed by atoms with Crippen LogP contribution in [-0.4, -0.2) is 6.09 Å². The molecule has 100 valence electrons. The summed E-state index contributed by atoms with van der Waals surface area (Å²) in [5.41, 5.74) is 10.3. The van der Waals surface area contributed by atoms with E-state index in [1.54, 1.807) is 24.3 Å².